The summed E-state index contributed by atoms with van der Waals surface area (Å²) in [6.45, 7) is 7.12. The number of ether oxygens (including phenoxy) is 2. The van der Waals surface area contributed by atoms with E-state index in [4.69, 9.17) is 14.1 Å². The lowest BCUT2D eigenvalue weighted by molar-refractivity contribution is 0.102. The lowest BCUT2D eigenvalue weighted by Gasteiger charge is -2.11. The van der Waals surface area contributed by atoms with Gasteiger partial charge in [0.25, 0.3) is 5.91 Å². The highest BCUT2D eigenvalue weighted by Gasteiger charge is 2.19. The molecular formula is C22H25N3O4. The summed E-state index contributed by atoms with van der Waals surface area (Å²) < 4.78 is 16.2. The van der Waals surface area contributed by atoms with Crippen molar-refractivity contribution in [1.29, 1.82) is 0 Å². The van der Waals surface area contributed by atoms with Crippen LogP contribution < -0.4 is 14.8 Å². The second-order valence-electron chi connectivity index (χ2n) is 6.53. The van der Waals surface area contributed by atoms with Crippen molar-refractivity contribution in [3.63, 3.8) is 0 Å². The Morgan fingerprint density at radius 3 is 2.66 bits per heavy atom. The fraction of sp³-hybridized carbons (Fsp3) is 0.318. The second-order valence-corrected chi connectivity index (χ2v) is 6.53. The smallest absolute Gasteiger partial charge is 0.260 e. The van der Waals surface area contributed by atoms with E-state index in [9.17, 15) is 4.79 Å². The number of hydrogen-bond acceptors (Lipinski definition) is 6. The topological polar surface area (TPSA) is 86.5 Å². The van der Waals surface area contributed by atoms with E-state index >= 15 is 0 Å². The minimum Gasteiger partial charge on any atom is -0.494 e. The molecule has 0 saturated carbocycles. The zero-order valence-electron chi connectivity index (χ0n) is 16.9. The molecule has 0 aliphatic heterocycles. The monoisotopic (exact) mass is 395 g/mol. The Kier molecular flexibility index (Phi) is 6.84. The molecule has 152 valence electrons. The molecule has 7 nitrogen and oxygen atoms in total. The molecule has 1 N–H and O–H groups in total. The van der Waals surface area contributed by atoms with Crippen molar-refractivity contribution < 1.29 is 18.9 Å². The van der Waals surface area contributed by atoms with Crippen LogP contribution in [0.25, 0.3) is 11.3 Å². The maximum atomic E-state index is 12.8. The Balaban J connectivity index is 1.80. The SMILES string of the molecule is CCCCOc1ccccc1C(=O)Nc1nonc1-c1ccc(OCC)c(C)c1. The van der Waals surface area contributed by atoms with Crippen LogP contribution in [-0.4, -0.2) is 29.4 Å². The first-order chi connectivity index (χ1) is 14.1. The van der Waals surface area contributed by atoms with Gasteiger partial charge in [-0.25, -0.2) is 4.63 Å². The fourth-order valence-corrected chi connectivity index (χ4v) is 2.86. The van der Waals surface area contributed by atoms with Gasteiger partial charge < -0.3 is 14.8 Å². The summed E-state index contributed by atoms with van der Waals surface area (Å²) in [6, 6.07) is 12.8. The summed E-state index contributed by atoms with van der Waals surface area (Å²) in [7, 11) is 0. The molecule has 3 rings (SSSR count). The molecule has 29 heavy (non-hydrogen) atoms. The third-order valence-electron chi connectivity index (χ3n) is 4.36. The molecule has 0 aliphatic rings. The van der Waals surface area contributed by atoms with Gasteiger partial charge in [0.05, 0.1) is 18.8 Å². The van der Waals surface area contributed by atoms with Gasteiger partial charge in [0.1, 0.15) is 11.5 Å². The van der Waals surface area contributed by atoms with Crippen molar-refractivity contribution >= 4 is 11.7 Å². The van der Waals surface area contributed by atoms with Crippen LogP contribution in [-0.2, 0) is 0 Å². The Bertz CT molecular complexity index is 968. The van der Waals surface area contributed by atoms with Crippen LogP contribution in [0, 0.1) is 6.92 Å². The van der Waals surface area contributed by atoms with Crippen LogP contribution >= 0.6 is 0 Å². The summed E-state index contributed by atoms with van der Waals surface area (Å²) in [4.78, 5) is 12.8. The van der Waals surface area contributed by atoms with E-state index in [-0.39, 0.29) is 11.7 Å². The van der Waals surface area contributed by atoms with Crippen molar-refractivity contribution in [1.82, 2.24) is 10.3 Å². The largest absolute Gasteiger partial charge is 0.494 e. The normalized spacial score (nSPS) is 10.6. The van der Waals surface area contributed by atoms with Gasteiger partial charge in [-0.1, -0.05) is 25.5 Å². The van der Waals surface area contributed by atoms with Crippen molar-refractivity contribution in [2.24, 2.45) is 0 Å². The maximum Gasteiger partial charge on any atom is 0.260 e. The van der Waals surface area contributed by atoms with E-state index in [1.165, 1.54) is 0 Å². The minimum absolute atomic E-state index is 0.252. The van der Waals surface area contributed by atoms with Gasteiger partial charge in [-0.05, 0) is 66.5 Å². The van der Waals surface area contributed by atoms with Gasteiger partial charge in [-0.15, -0.1) is 0 Å². The van der Waals surface area contributed by atoms with Crippen LogP contribution in [0.2, 0.25) is 0 Å². The second kappa shape index (κ2) is 9.73. The van der Waals surface area contributed by atoms with E-state index in [1.54, 1.807) is 18.2 Å². The first kappa shape index (κ1) is 20.4. The predicted molar refractivity (Wildman–Crippen MR) is 110 cm³/mol. The number of hydrogen-bond donors (Lipinski definition) is 1. The third-order valence-corrected chi connectivity index (χ3v) is 4.36. The van der Waals surface area contributed by atoms with Crippen molar-refractivity contribution in [2.45, 2.75) is 33.6 Å². The van der Waals surface area contributed by atoms with E-state index in [0.717, 1.165) is 29.7 Å². The number of nitrogens with zero attached hydrogens (tertiary/aromatic N) is 2. The van der Waals surface area contributed by atoms with Crippen LogP contribution in [0.3, 0.4) is 0 Å². The highest BCUT2D eigenvalue weighted by Crippen LogP contribution is 2.30. The number of para-hydroxylation sites is 1. The standard InChI is InChI=1S/C22H25N3O4/c1-4-6-13-28-19-10-8-7-9-17(19)22(26)23-21-20(24-29-25-21)16-11-12-18(27-5-2)15(3)14-16/h7-12,14H,4-6,13H2,1-3H3,(H,23,25,26). The molecule has 2 aromatic carbocycles. The average molecular weight is 395 g/mol. The number of unbranched alkanes of at least 4 members (excludes halogenated alkanes) is 1. The summed E-state index contributed by atoms with van der Waals surface area (Å²) in [5.41, 5.74) is 2.61. The lowest BCUT2D eigenvalue weighted by Crippen LogP contribution is -2.14. The molecule has 1 aromatic heterocycles. The number of carbonyl (C=O) groups excluding carboxylic acids is 1. The minimum atomic E-state index is -0.336. The number of aromatic nitrogens is 2. The highest BCUT2D eigenvalue weighted by molar-refractivity contribution is 6.07. The van der Waals surface area contributed by atoms with Gasteiger partial charge in [0.15, 0.2) is 5.69 Å². The van der Waals surface area contributed by atoms with E-state index in [1.807, 2.05) is 38.1 Å². The molecule has 7 heteroatoms. The quantitative estimate of drug-likeness (QED) is 0.520. The Labute approximate surface area is 170 Å². The van der Waals surface area contributed by atoms with E-state index in [0.29, 0.717) is 30.2 Å². The number of carbonyl (C=O) groups is 1. The van der Waals surface area contributed by atoms with Crippen molar-refractivity contribution in [3.8, 4) is 22.8 Å². The number of rotatable bonds is 9. The number of benzene rings is 2. The predicted octanol–water partition coefficient (Wildman–Crippen LogP) is 4.87. The molecule has 3 aromatic rings. The van der Waals surface area contributed by atoms with Gasteiger partial charge in [-0.3, -0.25) is 4.79 Å². The van der Waals surface area contributed by atoms with E-state index < -0.39 is 0 Å². The highest BCUT2D eigenvalue weighted by atomic mass is 16.6. The molecule has 0 aliphatic carbocycles. The molecule has 0 unspecified atom stereocenters. The zero-order valence-corrected chi connectivity index (χ0v) is 16.9. The number of aryl methyl sites for hydroxylation is 1. The molecule has 0 fully saturated rings. The first-order valence-electron chi connectivity index (χ1n) is 9.73. The first-order valence-corrected chi connectivity index (χ1v) is 9.73. The molecular weight excluding hydrogens is 370 g/mol. The maximum absolute atomic E-state index is 12.8. The van der Waals surface area contributed by atoms with E-state index in [2.05, 4.69) is 22.6 Å². The summed E-state index contributed by atoms with van der Waals surface area (Å²) in [5.74, 6) is 1.25. The van der Waals surface area contributed by atoms with Crippen LogP contribution in [0.4, 0.5) is 5.82 Å². The van der Waals surface area contributed by atoms with Gasteiger partial charge in [-0.2, -0.15) is 0 Å². The molecule has 1 heterocycles. The summed E-state index contributed by atoms with van der Waals surface area (Å²) >= 11 is 0. The van der Waals surface area contributed by atoms with Crippen molar-refractivity contribution in [3.05, 3.63) is 53.6 Å². The average Bonchev–Trinajstić information content (AvgIpc) is 3.18. The van der Waals surface area contributed by atoms with Gasteiger partial charge in [0, 0.05) is 5.56 Å². The summed E-state index contributed by atoms with van der Waals surface area (Å²) in [6.07, 6.45) is 1.94. The van der Waals surface area contributed by atoms with Crippen LogP contribution in [0.15, 0.2) is 47.1 Å². The number of anilines is 1. The molecule has 1 amide bonds. The molecule has 0 radical (unpaired) electrons. The zero-order chi connectivity index (χ0) is 20.6. The molecule has 0 bridgehead atoms. The molecule has 0 spiro atoms. The Morgan fingerprint density at radius 2 is 1.90 bits per heavy atom. The number of nitrogens with one attached hydrogen (secondary N) is 1. The number of amides is 1. The fourth-order valence-electron chi connectivity index (χ4n) is 2.86. The molecule has 0 saturated heterocycles. The van der Waals surface area contributed by atoms with Crippen LogP contribution in [0.1, 0.15) is 42.6 Å². The summed E-state index contributed by atoms with van der Waals surface area (Å²) in [5, 5.41) is 10.6. The lowest BCUT2D eigenvalue weighted by atomic mass is 10.1. The molecule has 0 atom stereocenters. The Hall–Kier alpha value is -3.35. The van der Waals surface area contributed by atoms with Crippen molar-refractivity contribution in [2.75, 3.05) is 18.5 Å². The van der Waals surface area contributed by atoms with Crippen LogP contribution in [0.5, 0.6) is 11.5 Å². The Morgan fingerprint density at radius 1 is 1.07 bits per heavy atom. The third kappa shape index (κ3) is 4.93. The van der Waals surface area contributed by atoms with Gasteiger partial charge >= 0.3 is 0 Å². The van der Waals surface area contributed by atoms with Gasteiger partial charge in [0.2, 0.25) is 5.82 Å².